The Kier molecular flexibility index (Phi) is 7.53. The van der Waals surface area contributed by atoms with Crippen LogP contribution in [0.3, 0.4) is 0 Å². The number of ether oxygens (including phenoxy) is 1. The maximum atomic E-state index is 13.4. The zero-order valence-electron chi connectivity index (χ0n) is 19.4. The van der Waals surface area contributed by atoms with Crippen molar-refractivity contribution < 1.29 is 22.7 Å². The molecule has 1 atom stereocenters. The quantitative estimate of drug-likeness (QED) is 0.702. The molecule has 0 aromatic heterocycles. The summed E-state index contributed by atoms with van der Waals surface area (Å²) in [6, 6.07) is 15.6. The van der Waals surface area contributed by atoms with Gasteiger partial charge in [-0.05, 0) is 37.0 Å². The Labute approximate surface area is 200 Å². The van der Waals surface area contributed by atoms with Gasteiger partial charge in [0.1, 0.15) is 5.75 Å². The van der Waals surface area contributed by atoms with E-state index in [4.69, 9.17) is 4.74 Å². The fourth-order valence-electron chi connectivity index (χ4n) is 4.32. The van der Waals surface area contributed by atoms with Gasteiger partial charge in [-0.25, -0.2) is 8.42 Å². The van der Waals surface area contributed by atoms with Crippen LogP contribution >= 0.6 is 0 Å². The van der Waals surface area contributed by atoms with Crippen molar-refractivity contribution >= 4 is 21.8 Å². The third-order valence-corrected chi connectivity index (χ3v) is 8.21. The largest absolute Gasteiger partial charge is 0.497 e. The Bertz CT molecular complexity index is 1120. The van der Waals surface area contributed by atoms with Crippen molar-refractivity contribution in [2.45, 2.75) is 36.6 Å². The minimum Gasteiger partial charge on any atom is -0.497 e. The molecule has 182 valence electrons. The third kappa shape index (κ3) is 5.59. The number of rotatable bonds is 5. The SMILES string of the molecule is COc1cccc(S(=O)(=O)N2CCCN(C(=O)C3CC3)C(c3ccccc3)CC(=O)NCC2)c1. The molecule has 8 nitrogen and oxygen atoms in total. The van der Waals surface area contributed by atoms with Crippen molar-refractivity contribution in [3.63, 3.8) is 0 Å². The van der Waals surface area contributed by atoms with Crippen LogP contribution in [0.5, 0.6) is 5.75 Å². The van der Waals surface area contributed by atoms with E-state index in [1.165, 1.54) is 23.5 Å². The van der Waals surface area contributed by atoms with Gasteiger partial charge < -0.3 is 15.0 Å². The van der Waals surface area contributed by atoms with E-state index in [0.29, 0.717) is 18.7 Å². The van der Waals surface area contributed by atoms with Gasteiger partial charge in [0.2, 0.25) is 21.8 Å². The zero-order valence-corrected chi connectivity index (χ0v) is 20.2. The molecular formula is C25H31N3O5S. The van der Waals surface area contributed by atoms with Gasteiger partial charge >= 0.3 is 0 Å². The maximum absolute atomic E-state index is 13.4. The second-order valence-electron chi connectivity index (χ2n) is 8.72. The van der Waals surface area contributed by atoms with E-state index in [1.54, 1.807) is 17.0 Å². The molecule has 0 bridgehead atoms. The number of carbonyl (C=O) groups excluding carboxylic acids is 2. The molecule has 0 radical (unpaired) electrons. The monoisotopic (exact) mass is 485 g/mol. The van der Waals surface area contributed by atoms with Gasteiger partial charge in [-0.1, -0.05) is 36.4 Å². The molecule has 1 aliphatic heterocycles. The van der Waals surface area contributed by atoms with Gasteiger partial charge in [-0.15, -0.1) is 0 Å². The number of hydrogen-bond acceptors (Lipinski definition) is 5. The standard InChI is InChI=1S/C25H31N3O5S/c1-33-21-9-5-10-22(17-21)34(31,32)27-14-6-15-28(25(30)20-11-12-20)23(18-24(29)26-13-16-27)19-7-3-2-4-8-19/h2-5,7-10,17,20,23H,6,11-16,18H2,1H3,(H,26,29). The Hall–Kier alpha value is -2.91. The predicted molar refractivity (Wildman–Crippen MR) is 128 cm³/mol. The van der Waals surface area contributed by atoms with Crippen molar-refractivity contribution in [2.75, 3.05) is 33.3 Å². The molecule has 2 aromatic rings. The summed E-state index contributed by atoms with van der Waals surface area (Å²) in [5.74, 6) is 0.293. The topological polar surface area (TPSA) is 96.0 Å². The lowest BCUT2D eigenvalue weighted by atomic mass is 10.0. The van der Waals surface area contributed by atoms with Gasteiger partial charge in [-0.3, -0.25) is 9.59 Å². The van der Waals surface area contributed by atoms with Crippen LogP contribution in [-0.2, 0) is 19.6 Å². The molecule has 4 rings (SSSR count). The molecule has 2 aliphatic rings. The second kappa shape index (κ2) is 10.6. The first-order valence-corrected chi connectivity index (χ1v) is 13.1. The van der Waals surface area contributed by atoms with Crippen molar-refractivity contribution in [2.24, 2.45) is 5.92 Å². The highest BCUT2D eigenvalue weighted by Crippen LogP contribution is 2.35. The van der Waals surface area contributed by atoms with Gasteiger partial charge in [0, 0.05) is 38.2 Å². The number of amides is 2. The molecule has 34 heavy (non-hydrogen) atoms. The van der Waals surface area contributed by atoms with Crippen molar-refractivity contribution in [1.29, 1.82) is 0 Å². The first kappa shape index (κ1) is 24.2. The molecule has 2 fully saturated rings. The van der Waals surface area contributed by atoms with Crippen LogP contribution in [0.2, 0.25) is 0 Å². The Morgan fingerprint density at radius 2 is 1.79 bits per heavy atom. The molecular weight excluding hydrogens is 454 g/mol. The highest BCUT2D eigenvalue weighted by Gasteiger charge is 2.38. The van der Waals surface area contributed by atoms with Crippen molar-refractivity contribution in [3.05, 3.63) is 60.2 Å². The smallest absolute Gasteiger partial charge is 0.243 e. The zero-order chi connectivity index (χ0) is 24.1. The Morgan fingerprint density at radius 1 is 1.03 bits per heavy atom. The average Bonchev–Trinajstić information content (AvgIpc) is 3.70. The van der Waals surface area contributed by atoms with Crippen LogP contribution in [0.25, 0.3) is 0 Å². The second-order valence-corrected chi connectivity index (χ2v) is 10.7. The Morgan fingerprint density at radius 3 is 2.50 bits per heavy atom. The predicted octanol–water partition coefficient (Wildman–Crippen LogP) is 2.58. The average molecular weight is 486 g/mol. The summed E-state index contributed by atoms with van der Waals surface area (Å²) < 4.78 is 33.3. The van der Waals surface area contributed by atoms with Crippen LogP contribution in [0.1, 0.15) is 37.3 Å². The number of benzene rings is 2. The molecule has 9 heteroatoms. The van der Waals surface area contributed by atoms with Gasteiger partial charge in [0.25, 0.3) is 0 Å². The number of nitrogens with zero attached hydrogens (tertiary/aromatic N) is 2. The Balaban J connectivity index is 1.60. The van der Waals surface area contributed by atoms with Crippen LogP contribution in [0, 0.1) is 5.92 Å². The van der Waals surface area contributed by atoms with Crippen molar-refractivity contribution in [1.82, 2.24) is 14.5 Å². The van der Waals surface area contributed by atoms with E-state index in [2.05, 4.69) is 5.32 Å². The van der Waals surface area contributed by atoms with E-state index in [9.17, 15) is 18.0 Å². The highest BCUT2D eigenvalue weighted by molar-refractivity contribution is 7.89. The van der Waals surface area contributed by atoms with Gasteiger partial charge in [0.05, 0.1) is 24.5 Å². The molecule has 1 N–H and O–H groups in total. The molecule has 0 spiro atoms. The van der Waals surface area contributed by atoms with Gasteiger partial charge in [-0.2, -0.15) is 4.31 Å². The fraction of sp³-hybridized carbons (Fsp3) is 0.440. The summed E-state index contributed by atoms with van der Waals surface area (Å²) in [5, 5.41) is 2.85. The maximum Gasteiger partial charge on any atom is 0.243 e. The van der Waals surface area contributed by atoms with E-state index in [-0.39, 0.29) is 54.7 Å². The van der Waals surface area contributed by atoms with Crippen LogP contribution in [0.15, 0.2) is 59.5 Å². The minimum atomic E-state index is -3.80. The lowest BCUT2D eigenvalue weighted by Crippen LogP contribution is -2.39. The molecule has 2 amide bonds. The summed E-state index contributed by atoms with van der Waals surface area (Å²) >= 11 is 0. The van der Waals surface area contributed by atoms with Crippen LogP contribution < -0.4 is 10.1 Å². The summed E-state index contributed by atoms with van der Waals surface area (Å²) in [6.45, 7) is 0.968. The normalized spacial score (nSPS) is 20.8. The summed E-state index contributed by atoms with van der Waals surface area (Å²) in [4.78, 5) is 28.0. The van der Waals surface area contributed by atoms with Crippen LogP contribution in [0.4, 0.5) is 0 Å². The number of methoxy groups -OCH3 is 1. The lowest BCUT2D eigenvalue weighted by molar-refractivity contribution is -0.136. The first-order valence-electron chi connectivity index (χ1n) is 11.7. The number of sulfonamides is 1. The fourth-order valence-corrected chi connectivity index (χ4v) is 5.83. The van der Waals surface area contributed by atoms with Crippen molar-refractivity contribution in [3.8, 4) is 5.75 Å². The van der Waals surface area contributed by atoms with E-state index >= 15 is 0 Å². The molecule has 1 unspecified atom stereocenters. The number of nitrogens with one attached hydrogen (secondary N) is 1. The highest BCUT2D eigenvalue weighted by atomic mass is 32.2. The van der Waals surface area contributed by atoms with E-state index in [1.807, 2.05) is 30.3 Å². The van der Waals surface area contributed by atoms with Crippen LogP contribution in [-0.4, -0.2) is 62.7 Å². The number of carbonyl (C=O) groups is 2. The molecule has 2 aromatic carbocycles. The van der Waals surface area contributed by atoms with E-state index in [0.717, 1.165) is 18.4 Å². The molecule has 1 saturated carbocycles. The number of hydrogen-bond donors (Lipinski definition) is 1. The minimum absolute atomic E-state index is 0.00368. The van der Waals surface area contributed by atoms with E-state index < -0.39 is 10.0 Å². The summed E-state index contributed by atoms with van der Waals surface area (Å²) in [6.07, 6.45) is 2.34. The molecule has 1 saturated heterocycles. The lowest BCUT2D eigenvalue weighted by Gasteiger charge is -2.32. The molecule has 1 aliphatic carbocycles. The molecule has 1 heterocycles. The third-order valence-electron chi connectivity index (χ3n) is 6.32. The summed E-state index contributed by atoms with van der Waals surface area (Å²) in [7, 11) is -2.31. The van der Waals surface area contributed by atoms with Gasteiger partial charge in [0.15, 0.2) is 0 Å². The summed E-state index contributed by atoms with van der Waals surface area (Å²) in [5.41, 5.74) is 0.909. The first-order chi connectivity index (χ1) is 16.4.